The van der Waals surface area contributed by atoms with Gasteiger partial charge in [0.05, 0.1) is 13.2 Å². The third-order valence-corrected chi connectivity index (χ3v) is 6.11. The largest absolute Gasteiger partial charge is 0.493 e. The Morgan fingerprint density at radius 1 is 1.11 bits per heavy atom. The molecule has 0 unspecified atom stereocenters. The molecule has 0 atom stereocenters. The number of para-hydroxylation sites is 1. The summed E-state index contributed by atoms with van der Waals surface area (Å²) >= 11 is 1.22. The minimum atomic E-state index is -0.614. The maximum absolute atomic E-state index is 13.1. The van der Waals surface area contributed by atoms with E-state index in [1.165, 1.54) is 17.4 Å². The highest BCUT2D eigenvalue weighted by Gasteiger charge is 2.24. The Hall–Kier alpha value is -3.89. The van der Waals surface area contributed by atoms with Gasteiger partial charge in [-0.25, -0.2) is 4.79 Å². The summed E-state index contributed by atoms with van der Waals surface area (Å²) in [5.74, 6) is -0.549. The fraction of sp³-hybridized carbons (Fsp3) is 0.250. The average molecular weight is 489 g/mol. The lowest BCUT2D eigenvalue weighted by Gasteiger charge is -2.11. The number of aryl methyl sites for hydroxylation is 2. The predicted octanol–water partition coefficient (Wildman–Crippen LogP) is 6.54. The van der Waals surface area contributed by atoms with E-state index in [-0.39, 0.29) is 17.7 Å². The monoisotopic (exact) mass is 488 g/mol. The summed E-state index contributed by atoms with van der Waals surface area (Å²) in [7, 11) is 0. The molecule has 0 aliphatic heterocycles. The number of nitrogens with one attached hydrogen (secondary N) is 1. The number of anilines is 1. The summed E-state index contributed by atoms with van der Waals surface area (Å²) in [5, 5.41) is 14.6. The second-order valence-electron chi connectivity index (χ2n) is 7.90. The van der Waals surface area contributed by atoms with E-state index < -0.39 is 11.9 Å². The Morgan fingerprint density at radius 2 is 1.89 bits per heavy atom. The third kappa shape index (κ3) is 6.17. The maximum Gasteiger partial charge on any atom is 0.341 e. The second-order valence-corrected chi connectivity index (χ2v) is 8.78. The van der Waals surface area contributed by atoms with Crippen LogP contribution in [0.5, 0.6) is 5.75 Å². The van der Waals surface area contributed by atoms with Crippen LogP contribution in [-0.4, -0.2) is 25.1 Å². The molecule has 0 bridgehead atoms. The number of thiophene rings is 1. The molecule has 7 heteroatoms. The highest BCUT2D eigenvalue weighted by molar-refractivity contribution is 7.15. The standard InChI is InChI=1S/C28H28N2O4S/c1-5-13-34-24-10-8-7-9-20(24)15-21(16-29)26(31)30-27-25(28(32)33-6-2)23(17-35-27)22-12-11-18(3)14-19(22)4/h7-12,14-15,17H,5-6,13H2,1-4H3,(H,30,31)/b21-15+. The molecule has 6 nitrogen and oxygen atoms in total. The second kappa shape index (κ2) is 12.0. The van der Waals surface area contributed by atoms with Gasteiger partial charge in [0.25, 0.3) is 5.91 Å². The van der Waals surface area contributed by atoms with Crippen molar-refractivity contribution in [2.45, 2.75) is 34.1 Å². The number of carbonyl (C=O) groups is 2. The number of carbonyl (C=O) groups excluding carboxylic acids is 2. The van der Waals surface area contributed by atoms with Crippen molar-refractivity contribution in [3.05, 3.63) is 75.7 Å². The number of rotatable bonds is 9. The molecule has 1 N–H and O–H groups in total. The Balaban J connectivity index is 1.98. The molecule has 0 fully saturated rings. The molecule has 1 aromatic heterocycles. The molecule has 0 saturated heterocycles. The third-order valence-electron chi connectivity index (χ3n) is 5.22. The topological polar surface area (TPSA) is 88.4 Å². The molecule has 1 heterocycles. The van der Waals surface area contributed by atoms with Crippen molar-refractivity contribution in [2.75, 3.05) is 18.5 Å². The zero-order valence-corrected chi connectivity index (χ0v) is 21.1. The molecule has 0 saturated carbocycles. The SMILES string of the molecule is CCCOc1ccccc1/C=C(\C#N)C(=O)Nc1scc(-c2ccc(C)cc2C)c1C(=O)OCC. The summed E-state index contributed by atoms with van der Waals surface area (Å²) in [4.78, 5) is 26.0. The van der Waals surface area contributed by atoms with Crippen LogP contribution in [0.15, 0.2) is 53.4 Å². The van der Waals surface area contributed by atoms with Crippen LogP contribution in [0.2, 0.25) is 0 Å². The number of ether oxygens (including phenoxy) is 2. The highest BCUT2D eigenvalue weighted by atomic mass is 32.1. The van der Waals surface area contributed by atoms with Crippen LogP contribution in [0, 0.1) is 25.2 Å². The number of nitriles is 1. The lowest BCUT2D eigenvalue weighted by molar-refractivity contribution is -0.112. The van der Waals surface area contributed by atoms with E-state index in [0.29, 0.717) is 28.5 Å². The van der Waals surface area contributed by atoms with Gasteiger partial charge in [-0.05, 0) is 50.5 Å². The number of hydrogen-bond acceptors (Lipinski definition) is 6. The molecule has 0 aliphatic carbocycles. The maximum atomic E-state index is 13.1. The lowest BCUT2D eigenvalue weighted by Crippen LogP contribution is -2.16. The minimum Gasteiger partial charge on any atom is -0.493 e. The lowest BCUT2D eigenvalue weighted by atomic mass is 9.97. The van der Waals surface area contributed by atoms with Crippen LogP contribution in [0.3, 0.4) is 0 Å². The van der Waals surface area contributed by atoms with E-state index in [1.54, 1.807) is 19.1 Å². The summed E-state index contributed by atoms with van der Waals surface area (Å²) in [6, 6.07) is 15.1. The van der Waals surface area contributed by atoms with Crippen molar-refractivity contribution >= 4 is 34.3 Å². The molecular formula is C28H28N2O4S. The van der Waals surface area contributed by atoms with Crippen molar-refractivity contribution in [1.29, 1.82) is 5.26 Å². The normalized spacial score (nSPS) is 11.0. The van der Waals surface area contributed by atoms with E-state index in [4.69, 9.17) is 9.47 Å². The van der Waals surface area contributed by atoms with Gasteiger partial charge in [0.2, 0.25) is 0 Å². The Bertz CT molecular complexity index is 1300. The molecule has 3 rings (SSSR count). The van der Waals surface area contributed by atoms with Crippen molar-refractivity contribution in [2.24, 2.45) is 0 Å². The first-order valence-corrected chi connectivity index (χ1v) is 12.3. The quantitative estimate of drug-likeness (QED) is 0.210. The molecule has 3 aromatic rings. The van der Waals surface area contributed by atoms with E-state index in [0.717, 1.165) is 23.1 Å². The van der Waals surface area contributed by atoms with Gasteiger partial charge in [0.15, 0.2) is 0 Å². The molecular weight excluding hydrogens is 460 g/mol. The van der Waals surface area contributed by atoms with Crippen LogP contribution >= 0.6 is 11.3 Å². The molecule has 0 radical (unpaired) electrons. The van der Waals surface area contributed by atoms with E-state index in [9.17, 15) is 14.9 Å². The van der Waals surface area contributed by atoms with Crippen LogP contribution in [0.25, 0.3) is 17.2 Å². The first-order valence-electron chi connectivity index (χ1n) is 11.4. The van der Waals surface area contributed by atoms with Crippen LogP contribution in [-0.2, 0) is 9.53 Å². The van der Waals surface area contributed by atoms with Crippen LogP contribution in [0.4, 0.5) is 5.00 Å². The number of esters is 1. The molecule has 2 aromatic carbocycles. The molecule has 0 aliphatic rings. The van der Waals surface area contributed by atoms with Gasteiger partial charge in [-0.15, -0.1) is 11.3 Å². The first-order chi connectivity index (χ1) is 16.9. The number of hydrogen-bond donors (Lipinski definition) is 1. The Labute approximate surface area is 209 Å². The summed E-state index contributed by atoms with van der Waals surface area (Å²) < 4.78 is 11.0. The van der Waals surface area contributed by atoms with Crippen molar-refractivity contribution in [1.82, 2.24) is 0 Å². The smallest absolute Gasteiger partial charge is 0.341 e. The number of benzene rings is 2. The Morgan fingerprint density at radius 3 is 2.57 bits per heavy atom. The summed E-state index contributed by atoms with van der Waals surface area (Å²) in [6.45, 7) is 8.44. The zero-order valence-electron chi connectivity index (χ0n) is 20.3. The van der Waals surface area contributed by atoms with E-state index in [2.05, 4.69) is 5.32 Å². The molecule has 1 amide bonds. The van der Waals surface area contributed by atoms with Crippen molar-refractivity contribution < 1.29 is 19.1 Å². The minimum absolute atomic E-state index is 0.103. The Kier molecular flexibility index (Phi) is 8.82. The van der Waals surface area contributed by atoms with E-state index in [1.807, 2.05) is 62.6 Å². The van der Waals surface area contributed by atoms with Gasteiger partial charge in [-0.3, -0.25) is 4.79 Å². The van der Waals surface area contributed by atoms with E-state index >= 15 is 0 Å². The van der Waals surface area contributed by atoms with Gasteiger partial charge >= 0.3 is 5.97 Å². The fourth-order valence-corrected chi connectivity index (χ4v) is 4.53. The van der Waals surface area contributed by atoms with Crippen molar-refractivity contribution in [3.8, 4) is 22.9 Å². The zero-order chi connectivity index (χ0) is 25.4. The molecule has 180 valence electrons. The van der Waals surface area contributed by atoms with Crippen molar-refractivity contribution in [3.63, 3.8) is 0 Å². The number of amides is 1. The molecule has 0 spiro atoms. The average Bonchev–Trinajstić information content (AvgIpc) is 3.25. The van der Waals surface area contributed by atoms with Gasteiger partial charge in [-0.1, -0.05) is 48.9 Å². The van der Waals surface area contributed by atoms with Gasteiger partial charge in [0.1, 0.15) is 28.0 Å². The van der Waals surface area contributed by atoms with Gasteiger partial charge in [-0.2, -0.15) is 5.26 Å². The first kappa shape index (κ1) is 25.7. The van der Waals surface area contributed by atoms with Crippen LogP contribution in [0.1, 0.15) is 47.3 Å². The predicted molar refractivity (Wildman–Crippen MR) is 140 cm³/mol. The molecule has 35 heavy (non-hydrogen) atoms. The van der Waals surface area contributed by atoms with Gasteiger partial charge in [0, 0.05) is 16.5 Å². The highest BCUT2D eigenvalue weighted by Crippen LogP contribution is 2.38. The van der Waals surface area contributed by atoms with Gasteiger partial charge < -0.3 is 14.8 Å². The van der Waals surface area contributed by atoms with Crippen LogP contribution < -0.4 is 10.1 Å². The summed E-state index contributed by atoms with van der Waals surface area (Å²) in [6.07, 6.45) is 2.32. The fourth-order valence-electron chi connectivity index (χ4n) is 3.59. The summed E-state index contributed by atoms with van der Waals surface area (Å²) in [5.41, 5.74) is 4.48. The number of nitrogens with zero attached hydrogens (tertiary/aromatic N) is 1.